The highest BCUT2D eigenvalue weighted by Crippen LogP contribution is 2.20. The van der Waals surface area contributed by atoms with Crippen molar-refractivity contribution in [2.24, 2.45) is 0 Å². The van der Waals surface area contributed by atoms with Crippen LogP contribution in [0.15, 0.2) is 48.9 Å². The molecule has 0 radical (unpaired) electrons. The van der Waals surface area contributed by atoms with Crippen LogP contribution in [0.2, 0.25) is 0 Å². The van der Waals surface area contributed by atoms with E-state index < -0.39 is 0 Å². The van der Waals surface area contributed by atoms with Gasteiger partial charge in [0.05, 0.1) is 6.42 Å². The largest absolute Gasteiger partial charge is 0.361 e. The lowest BCUT2D eigenvalue weighted by atomic mass is 10.1. The highest BCUT2D eigenvalue weighted by Gasteiger charge is 2.13. The Labute approximate surface area is 134 Å². The summed E-state index contributed by atoms with van der Waals surface area (Å²) in [6.45, 7) is 0.653. The van der Waals surface area contributed by atoms with E-state index in [1.54, 1.807) is 36.6 Å². The fourth-order valence-electron chi connectivity index (χ4n) is 2.57. The minimum atomic E-state index is -0.285. The topological polar surface area (TPSA) is 49.0 Å². The average Bonchev–Trinajstić information content (AvgIpc) is 2.95. The lowest BCUT2D eigenvalue weighted by Crippen LogP contribution is -2.30. The first-order valence-electron chi connectivity index (χ1n) is 7.52. The van der Waals surface area contributed by atoms with Crippen LogP contribution in [0.4, 0.5) is 4.39 Å². The molecule has 5 heteroatoms. The van der Waals surface area contributed by atoms with Crippen LogP contribution in [0, 0.1) is 5.82 Å². The number of carbonyl (C=O) groups is 1. The molecule has 0 aliphatic carbocycles. The first-order chi connectivity index (χ1) is 11.1. The lowest BCUT2D eigenvalue weighted by Gasteiger charge is -2.17. The van der Waals surface area contributed by atoms with E-state index in [2.05, 4.69) is 9.97 Å². The van der Waals surface area contributed by atoms with Gasteiger partial charge in [0, 0.05) is 43.1 Å². The van der Waals surface area contributed by atoms with E-state index in [4.69, 9.17) is 0 Å². The Kier molecular flexibility index (Phi) is 4.37. The second kappa shape index (κ2) is 6.60. The van der Waals surface area contributed by atoms with Gasteiger partial charge in [0.15, 0.2) is 0 Å². The molecule has 4 nitrogen and oxygen atoms in total. The van der Waals surface area contributed by atoms with E-state index in [0.717, 1.165) is 22.9 Å². The molecule has 3 aromatic rings. The summed E-state index contributed by atoms with van der Waals surface area (Å²) in [5, 5.41) is 0.891. The van der Waals surface area contributed by atoms with E-state index in [9.17, 15) is 9.18 Å². The molecule has 1 aromatic carbocycles. The zero-order chi connectivity index (χ0) is 16.2. The van der Waals surface area contributed by atoms with Gasteiger partial charge < -0.3 is 9.88 Å². The number of amides is 1. The van der Waals surface area contributed by atoms with Gasteiger partial charge in [0.25, 0.3) is 0 Å². The Balaban J connectivity index is 1.63. The number of carbonyl (C=O) groups excluding carboxylic acids is 1. The van der Waals surface area contributed by atoms with Crippen molar-refractivity contribution in [3.05, 3.63) is 65.9 Å². The first kappa shape index (κ1) is 15.2. The molecular formula is C18H18FN3O. The molecule has 0 unspecified atom stereocenters. The summed E-state index contributed by atoms with van der Waals surface area (Å²) in [5.74, 6) is -0.240. The quantitative estimate of drug-likeness (QED) is 0.787. The summed E-state index contributed by atoms with van der Waals surface area (Å²) < 4.78 is 13.2. The third-order valence-electron chi connectivity index (χ3n) is 3.98. The average molecular weight is 311 g/mol. The van der Waals surface area contributed by atoms with Crippen LogP contribution in [0.1, 0.15) is 11.1 Å². The maximum atomic E-state index is 13.2. The van der Waals surface area contributed by atoms with E-state index in [0.29, 0.717) is 18.5 Å². The number of aromatic nitrogens is 2. The fraction of sp³-hybridized carbons (Fsp3) is 0.222. The van der Waals surface area contributed by atoms with E-state index >= 15 is 0 Å². The summed E-state index contributed by atoms with van der Waals surface area (Å²) in [4.78, 5) is 21.1. The minimum Gasteiger partial charge on any atom is -0.361 e. The molecule has 2 aromatic heterocycles. The Morgan fingerprint density at radius 1 is 1.26 bits per heavy atom. The summed E-state index contributed by atoms with van der Waals surface area (Å²) in [6.07, 6.45) is 6.38. The van der Waals surface area contributed by atoms with Crippen molar-refractivity contribution in [2.75, 3.05) is 13.6 Å². The predicted molar refractivity (Wildman–Crippen MR) is 87.5 cm³/mol. The van der Waals surface area contributed by atoms with Crippen LogP contribution in [0.25, 0.3) is 10.9 Å². The number of nitrogens with one attached hydrogen (secondary N) is 1. The molecule has 0 aliphatic heterocycles. The van der Waals surface area contributed by atoms with Crippen molar-refractivity contribution in [3.8, 4) is 0 Å². The second-order valence-corrected chi connectivity index (χ2v) is 5.60. The molecule has 0 atom stereocenters. The smallest absolute Gasteiger partial charge is 0.226 e. The van der Waals surface area contributed by atoms with Crippen LogP contribution < -0.4 is 0 Å². The number of nitrogens with zero attached hydrogens (tertiary/aromatic N) is 2. The van der Waals surface area contributed by atoms with Crippen molar-refractivity contribution >= 4 is 16.8 Å². The first-order valence-corrected chi connectivity index (χ1v) is 7.52. The summed E-state index contributed by atoms with van der Waals surface area (Å²) in [7, 11) is 1.80. The van der Waals surface area contributed by atoms with Gasteiger partial charge >= 0.3 is 0 Å². The molecule has 23 heavy (non-hydrogen) atoms. The number of benzene rings is 1. The maximum absolute atomic E-state index is 13.2. The molecular weight excluding hydrogens is 293 g/mol. The molecule has 1 amide bonds. The van der Waals surface area contributed by atoms with Gasteiger partial charge in [-0.3, -0.25) is 9.78 Å². The number of halogens is 1. The van der Waals surface area contributed by atoms with Crippen molar-refractivity contribution in [3.63, 3.8) is 0 Å². The molecule has 0 fully saturated rings. The highest BCUT2D eigenvalue weighted by molar-refractivity contribution is 5.88. The molecule has 118 valence electrons. The molecule has 0 aliphatic rings. The molecule has 1 N–H and O–H groups in total. The number of fused-ring (bicyclic) bond motifs is 1. The number of likely N-dealkylation sites (N-methyl/N-ethyl adjacent to an activating group) is 1. The summed E-state index contributed by atoms with van der Waals surface area (Å²) in [5.41, 5.74) is 2.76. The predicted octanol–water partition coefficient (Wildman–Crippen LogP) is 2.95. The molecule has 0 saturated carbocycles. The number of rotatable bonds is 5. The van der Waals surface area contributed by atoms with Gasteiger partial charge in [-0.25, -0.2) is 4.39 Å². The van der Waals surface area contributed by atoms with E-state index in [1.807, 2.05) is 12.1 Å². The Hall–Kier alpha value is -2.69. The van der Waals surface area contributed by atoms with E-state index in [1.165, 1.54) is 12.1 Å². The van der Waals surface area contributed by atoms with Gasteiger partial charge in [0.2, 0.25) is 5.91 Å². The van der Waals surface area contributed by atoms with E-state index in [-0.39, 0.29) is 11.7 Å². The molecule has 2 heterocycles. The number of aromatic amines is 1. The number of H-pyrrole nitrogens is 1. The van der Waals surface area contributed by atoms with Gasteiger partial charge in [-0.05, 0) is 47.9 Å². The standard InChI is InChI=1S/C18H18FN3O/c1-22(9-6-13-4-7-20-8-5-13)18(23)10-14-12-21-17-11-15(19)2-3-16(14)17/h2-5,7-8,11-12,21H,6,9-10H2,1H3. The van der Waals surface area contributed by atoms with Gasteiger partial charge in [0.1, 0.15) is 5.82 Å². The molecule has 0 saturated heterocycles. The van der Waals surface area contributed by atoms with Crippen LogP contribution in [0.5, 0.6) is 0 Å². The van der Waals surface area contributed by atoms with Gasteiger partial charge in [-0.1, -0.05) is 0 Å². The number of hydrogen-bond donors (Lipinski definition) is 1. The zero-order valence-corrected chi connectivity index (χ0v) is 12.9. The molecule has 0 bridgehead atoms. The van der Waals surface area contributed by atoms with Gasteiger partial charge in [-0.15, -0.1) is 0 Å². The maximum Gasteiger partial charge on any atom is 0.226 e. The molecule has 0 spiro atoms. The third-order valence-corrected chi connectivity index (χ3v) is 3.98. The molecule has 3 rings (SSSR count). The second-order valence-electron chi connectivity index (χ2n) is 5.60. The fourth-order valence-corrected chi connectivity index (χ4v) is 2.57. The lowest BCUT2D eigenvalue weighted by molar-refractivity contribution is -0.129. The van der Waals surface area contributed by atoms with Crippen LogP contribution in [-0.4, -0.2) is 34.4 Å². The number of pyridine rings is 1. The van der Waals surface area contributed by atoms with Crippen molar-refractivity contribution in [2.45, 2.75) is 12.8 Å². The zero-order valence-electron chi connectivity index (χ0n) is 12.9. The summed E-state index contributed by atoms with van der Waals surface area (Å²) >= 11 is 0. The minimum absolute atomic E-state index is 0.0456. The normalized spacial score (nSPS) is 10.9. The van der Waals surface area contributed by atoms with Crippen LogP contribution in [-0.2, 0) is 17.6 Å². The van der Waals surface area contributed by atoms with Crippen LogP contribution in [0.3, 0.4) is 0 Å². The Morgan fingerprint density at radius 2 is 2.04 bits per heavy atom. The van der Waals surface area contributed by atoms with Crippen molar-refractivity contribution < 1.29 is 9.18 Å². The Bertz CT molecular complexity index is 814. The third kappa shape index (κ3) is 3.56. The highest BCUT2D eigenvalue weighted by atomic mass is 19.1. The van der Waals surface area contributed by atoms with Gasteiger partial charge in [-0.2, -0.15) is 0 Å². The Morgan fingerprint density at radius 3 is 2.83 bits per heavy atom. The number of hydrogen-bond acceptors (Lipinski definition) is 2. The monoisotopic (exact) mass is 311 g/mol. The SMILES string of the molecule is CN(CCc1ccncc1)C(=O)Cc1c[nH]c2cc(F)ccc12. The van der Waals surface area contributed by atoms with Crippen molar-refractivity contribution in [1.82, 2.24) is 14.9 Å². The summed E-state index contributed by atoms with van der Waals surface area (Å²) in [6, 6.07) is 8.47. The van der Waals surface area contributed by atoms with Crippen molar-refractivity contribution in [1.29, 1.82) is 0 Å². The van der Waals surface area contributed by atoms with Crippen LogP contribution >= 0.6 is 0 Å².